The summed E-state index contributed by atoms with van der Waals surface area (Å²) >= 11 is 12.1. The first-order valence-corrected chi connectivity index (χ1v) is 13.9. The van der Waals surface area contributed by atoms with Crippen molar-refractivity contribution in [2.24, 2.45) is 9.50 Å². The molecule has 0 spiro atoms. The Morgan fingerprint density at radius 3 is 2.14 bits per heavy atom. The molecular weight excluding hydrogens is 517 g/mol. The summed E-state index contributed by atoms with van der Waals surface area (Å²) in [6, 6.07) is 23.5. The standard InChI is InChI=1S/C26H25Cl2N5O2S/c27-21-10-8-20(9-11-21)25-24(19-6-2-1-3-7-19)18-33(29-25)26(30-32-16-4-5-17-32)31-36(34,35)23-14-12-22(28)13-15-23/h1-3,6-15,24H,4-5,16-18H2,(H,30,31). The largest absolute Gasteiger partial charge is 0.287 e. The first-order valence-electron chi connectivity index (χ1n) is 11.7. The van der Waals surface area contributed by atoms with Crippen LogP contribution in [0.3, 0.4) is 0 Å². The van der Waals surface area contributed by atoms with Crippen molar-refractivity contribution in [3.63, 3.8) is 0 Å². The predicted molar refractivity (Wildman–Crippen MR) is 144 cm³/mol. The molecule has 1 N–H and O–H groups in total. The lowest BCUT2D eigenvalue weighted by Crippen LogP contribution is -2.47. The summed E-state index contributed by atoms with van der Waals surface area (Å²) < 4.78 is 30.7. The molecule has 186 valence electrons. The zero-order valence-electron chi connectivity index (χ0n) is 19.4. The van der Waals surface area contributed by atoms with Crippen LogP contribution in [0.1, 0.15) is 29.9 Å². The maximum Gasteiger partial charge on any atom is 0.285 e. The van der Waals surface area contributed by atoms with E-state index in [1.807, 2.05) is 47.5 Å². The number of guanidine groups is 1. The fraction of sp³-hybridized carbons (Fsp3) is 0.231. The Bertz CT molecular complexity index is 1370. The number of rotatable bonds is 5. The Hall–Kier alpha value is -2.91. The van der Waals surface area contributed by atoms with Crippen LogP contribution in [-0.2, 0) is 10.0 Å². The fourth-order valence-electron chi connectivity index (χ4n) is 4.33. The van der Waals surface area contributed by atoms with Gasteiger partial charge in [0.05, 0.1) is 17.2 Å². The molecule has 7 nitrogen and oxygen atoms in total. The van der Waals surface area contributed by atoms with Crippen LogP contribution in [0.15, 0.2) is 93.3 Å². The van der Waals surface area contributed by atoms with Crippen molar-refractivity contribution in [1.82, 2.24) is 15.4 Å². The number of sulfonamides is 1. The quantitative estimate of drug-likeness (QED) is 0.357. The molecule has 1 saturated heterocycles. The highest BCUT2D eigenvalue weighted by Crippen LogP contribution is 2.30. The van der Waals surface area contributed by atoms with Gasteiger partial charge in [0.15, 0.2) is 0 Å². The van der Waals surface area contributed by atoms with Gasteiger partial charge in [-0.05, 0) is 60.4 Å². The van der Waals surface area contributed by atoms with E-state index < -0.39 is 10.0 Å². The smallest absolute Gasteiger partial charge is 0.285 e. The molecule has 5 rings (SSSR count). The van der Waals surface area contributed by atoms with E-state index >= 15 is 0 Å². The Kier molecular flexibility index (Phi) is 7.29. The van der Waals surface area contributed by atoms with E-state index in [1.54, 1.807) is 5.01 Å². The van der Waals surface area contributed by atoms with Crippen LogP contribution < -0.4 is 5.43 Å². The van der Waals surface area contributed by atoms with Gasteiger partial charge in [0.25, 0.3) is 10.0 Å². The second kappa shape index (κ2) is 10.6. The number of nitrogens with zero attached hydrogens (tertiary/aromatic N) is 4. The number of hydrazine groups is 1. The second-order valence-electron chi connectivity index (χ2n) is 8.69. The Labute approximate surface area is 221 Å². The van der Waals surface area contributed by atoms with Crippen LogP contribution in [0.4, 0.5) is 0 Å². The number of benzene rings is 3. The van der Waals surface area contributed by atoms with Crippen LogP contribution in [0, 0.1) is 0 Å². The number of nitrogens with one attached hydrogen (secondary N) is 1. The molecule has 3 aromatic rings. The third-order valence-electron chi connectivity index (χ3n) is 6.18. The first-order chi connectivity index (χ1) is 17.4. The van der Waals surface area contributed by atoms with Crippen molar-refractivity contribution in [3.8, 4) is 0 Å². The van der Waals surface area contributed by atoms with E-state index in [4.69, 9.17) is 28.3 Å². The van der Waals surface area contributed by atoms with Gasteiger partial charge in [-0.15, -0.1) is 4.40 Å². The van der Waals surface area contributed by atoms with Gasteiger partial charge < -0.3 is 0 Å². The average Bonchev–Trinajstić information content (AvgIpc) is 3.55. The molecule has 1 atom stereocenters. The lowest BCUT2D eigenvalue weighted by Gasteiger charge is -2.24. The summed E-state index contributed by atoms with van der Waals surface area (Å²) in [7, 11) is -4.01. The monoisotopic (exact) mass is 541 g/mol. The van der Waals surface area contributed by atoms with E-state index in [9.17, 15) is 8.42 Å². The molecule has 0 amide bonds. The summed E-state index contributed by atoms with van der Waals surface area (Å²) in [5.74, 6) is 0.0768. The molecule has 1 unspecified atom stereocenters. The van der Waals surface area contributed by atoms with Crippen molar-refractivity contribution in [2.75, 3.05) is 19.6 Å². The summed E-state index contributed by atoms with van der Waals surface area (Å²) in [5, 5.41) is 9.59. The maximum atomic E-state index is 13.2. The average molecular weight is 542 g/mol. The van der Waals surface area contributed by atoms with Crippen molar-refractivity contribution >= 4 is 44.9 Å². The van der Waals surface area contributed by atoms with E-state index in [-0.39, 0.29) is 16.8 Å². The third-order valence-corrected chi connectivity index (χ3v) is 7.97. The highest BCUT2D eigenvalue weighted by Gasteiger charge is 2.33. The topological polar surface area (TPSA) is 77.4 Å². The molecule has 1 fully saturated rings. The normalized spacial score (nSPS) is 18.9. The molecule has 36 heavy (non-hydrogen) atoms. The summed E-state index contributed by atoms with van der Waals surface area (Å²) in [5.41, 5.74) is 6.03. The molecule has 0 bridgehead atoms. The molecule has 2 heterocycles. The first kappa shape index (κ1) is 24.8. The highest BCUT2D eigenvalue weighted by atomic mass is 35.5. The van der Waals surface area contributed by atoms with E-state index in [0.717, 1.165) is 42.8 Å². The van der Waals surface area contributed by atoms with Gasteiger partial charge in [-0.25, -0.2) is 10.0 Å². The summed E-state index contributed by atoms with van der Waals surface area (Å²) in [6.45, 7) is 2.02. The van der Waals surface area contributed by atoms with Crippen LogP contribution in [0.25, 0.3) is 0 Å². The van der Waals surface area contributed by atoms with Gasteiger partial charge >= 0.3 is 0 Å². The van der Waals surface area contributed by atoms with Gasteiger partial charge in [0, 0.05) is 29.1 Å². The Morgan fingerprint density at radius 2 is 1.50 bits per heavy atom. The van der Waals surface area contributed by atoms with Gasteiger partial charge in [-0.2, -0.15) is 13.5 Å². The number of hydrogen-bond acceptors (Lipinski definition) is 4. The fourth-order valence-corrected chi connectivity index (χ4v) is 5.53. The van der Waals surface area contributed by atoms with Gasteiger partial charge in [-0.3, -0.25) is 5.43 Å². The van der Waals surface area contributed by atoms with E-state index in [1.165, 1.54) is 24.3 Å². The number of hydrazone groups is 1. The van der Waals surface area contributed by atoms with Gasteiger partial charge in [0.2, 0.25) is 5.96 Å². The van der Waals surface area contributed by atoms with Crippen LogP contribution in [-0.4, -0.2) is 49.7 Å². The zero-order chi connectivity index (χ0) is 25.1. The number of hydrogen-bond donors (Lipinski definition) is 1. The van der Waals surface area contributed by atoms with E-state index in [0.29, 0.717) is 16.6 Å². The van der Waals surface area contributed by atoms with Gasteiger partial charge in [-0.1, -0.05) is 65.7 Å². The predicted octanol–water partition coefficient (Wildman–Crippen LogP) is 5.14. The lowest BCUT2D eigenvalue weighted by molar-refractivity contribution is 0.272. The highest BCUT2D eigenvalue weighted by molar-refractivity contribution is 7.90. The van der Waals surface area contributed by atoms with Crippen molar-refractivity contribution in [3.05, 3.63) is 100 Å². The minimum absolute atomic E-state index is 0.0633. The summed E-state index contributed by atoms with van der Waals surface area (Å²) in [6.07, 6.45) is 2.05. The van der Waals surface area contributed by atoms with Crippen LogP contribution in [0.5, 0.6) is 0 Å². The molecule has 0 radical (unpaired) electrons. The molecular formula is C26H25Cl2N5O2S. The zero-order valence-corrected chi connectivity index (χ0v) is 21.7. The van der Waals surface area contributed by atoms with Crippen molar-refractivity contribution in [1.29, 1.82) is 0 Å². The second-order valence-corrected chi connectivity index (χ2v) is 11.2. The van der Waals surface area contributed by atoms with E-state index in [2.05, 4.69) is 22.0 Å². The molecule has 0 aromatic heterocycles. The third kappa shape index (κ3) is 5.57. The minimum Gasteiger partial charge on any atom is -0.287 e. The lowest BCUT2D eigenvalue weighted by atomic mass is 9.91. The molecule has 0 aliphatic carbocycles. The van der Waals surface area contributed by atoms with Gasteiger partial charge in [0.1, 0.15) is 0 Å². The molecule has 2 aliphatic heterocycles. The summed E-state index contributed by atoms with van der Waals surface area (Å²) in [4.78, 5) is 0.0633. The molecule has 2 aliphatic rings. The number of halogens is 2. The van der Waals surface area contributed by atoms with Crippen LogP contribution in [0.2, 0.25) is 10.0 Å². The molecule has 10 heteroatoms. The SMILES string of the molecule is O=S(=O)(/N=C(\NN1CCCC1)N1CC(c2ccccc2)C(c2ccc(Cl)cc2)=N1)c1ccc(Cl)cc1. The Balaban J connectivity index is 1.56. The minimum atomic E-state index is -4.01. The molecule has 0 saturated carbocycles. The maximum absolute atomic E-state index is 13.2. The molecule has 3 aromatic carbocycles. The van der Waals surface area contributed by atoms with Crippen LogP contribution >= 0.6 is 23.2 Å². The van der Waals surface area contributed by atoms with Crippen molar-refractivity contribution < 1.29 is 8.42 Å². The van der Waals surface area contributed by atoms with Crippen molar-refractivity contribution in [2.45, 2.75) is 23.7 Å². The Morgan fingerprint density at radius 1 is 0.889 bits per heavy atom.